The van der Waals surface area contributed by atoms with Crippen molar-refractivity contribution in [3.8, 4) is 0 Å². The van der Waals surface area contributed by atoms with Crippen molar-refractivity contribution in [2.24, 2.45) is 11.8 Å². The van der Waals surface area contributed by atoms with Gasteiger partial charge in [0, 0.05) is 28.9 Å². The van der Waals surface area contributed by atoms with Crippen LogP contribution in [-0.2, 0) is 0 Å². The minimum atomic E-state index is -4.29. The molecule has 2 rings (SSSR count). The number of rotatable bonds is 9. The van der Waals surface area contributed by atoms with Gasteiger partial charge in [0.15, 0.2) is 0 Å². The van der Waals surface area contributed by atoms with Gasteiger partial charge in [-0.1, -0.05) is 104 Å². The Hall–Kier alpha value is -2.49. The van der Waals surface area contributed by atoms with Crippen molar-refractivity contribution in [1.29, 1.82) is 0 Å². The van der Waals surface area contributed by atoms with Gasteiger partial charge in [0.1, 0.15) is 0 Å². The fraction of sp³-hybridized carbons (Fsp3) is 0.568. The summed E-state index contributed by atoms with van der Waals surface area (Å²) in [6, 6.07) is 8.56. The SMILES string of the molecule is CC.CC.CCC=CC(C)C1CC=CC=C1N(/C(C)=C(C)/C=C(\CC)C(F)(F)F)C(C)CC.Cc1ccccc1C. The molecule has 1 nitrogen and oxygen atoms in total. The first-order valence-corrected chi connectivity index (χ1v) is 15.7. The standard InChI is InChI=1S/C25H38F3N.C8H10.2C2H6/c1-8-11-14-18(4)23-15-12-13-16-24(23)29(20(6)9-2)21(7)19(5)17-22(10-3)25(26,27)28;1-7-5-3-4-6-8(7)2;2*1-2/h11-14,16-18,20,23H,8-10,15H2,1-7H3;3-6H,1-2H3;2*1-2H3/b14-11?,21-19+,22-17+;;;. The van der Waals surface area contributed by atoms with Crippen LogP contribution in [0.3, 0.4) is 0 Å². The van der Waals surface area contributed by atoms with Gasteiger partial charge in [-0.25, -0.2) is 0 Å². The Morgan fingerprint density at radius 1 is 0.976 bits per heavy atom. The van der Waals surface area contributed by atoms with E-state index >= 15 is 0 Å². The van der Waals surface area contributed by atoms with Crippen LogP contribution in [0.5, 0.6) is 0 Å². The number of hydrogen-bond acceptors (Lipinski definition) is 1. The molecular formula is C37H60F3N. The third-order valence-corrected chi connectivity index (χ3v) is 7.29. The molecule has 0 spiro atoms. The van der Waals surface area contributed by atoms with Gasteiger partial charge in [-0.05, 0) is 95.1 Å². The second kappa shape index (κ2) is 22.2. The highest BCUT2D eigenvalue weighted by molar-refractivity contribution is 5.33. The van der Waals surface area contributed by atoms with Crippen LogP contribution >= 0.6 is 0 Å². The molecule has 0 saturated heterocycles. The average Bonchev–Trinajstić information content (AvgIpc) is 2.98. The lowest BCUT2D eigenvalue weighted by Crippen LogP contribution is -2.36. The Morgan fingerprint density at radius 3 is 1.93 bits per heavy atom. The molecule has 1 aliphatic carbocycles. The molecule has 0 saturated carbocycles. The van der Waals surface area contributed by atoms with Crippen LogP contribution in [-0.4, -0.2) is 17.1 Å². The zero-order chi connectivity index (χ0) is 32.2. The molecule has 3 unspecified atom stereocenters. The summed E-state index contributed by atoms with van der Waals surface area (Å²) in [6.45, 7) is 26.2. The first-order chi connectivity index (χ1) is 19.4. The summed E-state index contributed by atoms with van der Waals surface area (Å²) in [5.74, 6) is 0.680. The molecule has 1 aromatic carbocycles. The van der Waals surface area contributed by atoms with E-state index in [0.29, 0.717) is 17.4 Å². The highest BCUT2D eigenvalue weighted by Gasteiger charge is 2.33. The van der Waals surface area contributed by atoms with Crippen LogP contribution in [0.25, 0.3) is 0 Å². The first-order valence-electron chi connectivity index (χ1n) is 15.7. The van der Waals surface area contributed by atoms with Gasteiger partial charge in [0.2, 0.25) is 0 Å². The Labute approximate surface area is 252 Å². The third kappa shape index (κ3) is 14.3. The molecule has 3 atom stereocenters. The smallest absolute Gasteiger partial charge is 0.346 e. The maximum Gasteiger partial charge on any atom is 0.412 e. The molecule has 0 fully saturated rings. The number of benzene rings is 1. The van der Waals surface area contributed by atoms with E-state index in [0.717, 1.165) is 25.0 Å². The van der Waals surface area contributed by atoms with Crippen LogP contribution < -0.4 is 0 Å². The Balaban J connectivity index is 0. The Bertz CT molecular complexity index is 971. The van der Waals surface area contributed by atoms with Gasteiger partial charge in [0.25, 0.3) is 0 Å². The molecule has 4 heteroatoms. The molecule has 0 bridgehead atoms. The van der Waals surface area contributed by atoms with E-state index in [1.54, 1.807) is 13.8 Å². The summed E-state index contributed by atoms with van der Waals surface area (Å²) in [5, 5.41) is 0. The van der Waals surface area contributed by atoms with Crippen molar-refractivity contribution in [1.82, 2.24) is 4.90 Å². The van der Waals surface area contributed by atoms with E-state index in [-0.39, 0.29) is 12.5 Å². The zero-order valence-electron chi connectivity index (χ0n) is 28.4. The average molecular weight is 576 g/mol. The monoisotopic (exact) mass is 575 g/mol. The molecule has 0 aromatic heterocycles. The largest absolute Gasteiger partial charge is 0.412 e. The highest BCUT2D eigenvalue weighted by atomic mass is 19.4. The van der Waals surface area contributed by atoms with Gasteiger partial charge in [-0.15, -0.1) is 0 Å². The van der Waals surface area contributed by atoms with Gasteiger partial charge in [-0.3, -0.25) is 0 Å². The van der Waals surface area contributed by atoms with E-state index in [9.17, 15) is 13.2 Å². The lowest BCUT2D eigenvalue weighted by atomic mass is 9.83. The molecule has 1 aliphatic rings. The van der Waals surface area contributed by atoms with Gasteiger partial charge in [-0.2, -0.15) is 13.2 Å². The fourth-order valence-electron chi connectivity index (χ4n) is 4.43. The predicted octanol–water partition coefficient (Wildman–Crippen LogP) is 12.7. The maximum absolute atomic E-state index is 13.3. The molecule has 1 aromatic rings. The summed E-state index contributed by atoms with van der Waals surface area (Å²) < 4.78 is 39.8. The lowest BCUT2D eigenvalue weighted by Gasteiger charge is -2.40. The van der Waals surface area contributed by atoms with Crippen LogP contribution in [0.4, 0.5) is 13.2 Å². The molecule has 0 N–H and O–H groups in total. The molecule has 0 radical (unpaired) electrons. The highest BCUT2D eigenvalue weighted by Crippen LogP contribution is 2.37. The van der Waals surface area contributed by atoms with Crippen LogP contribution in [0.15, 0.2) is 83.3 Å². The number of nitrogens with zero attached hydrogens (tertiary/aromatic N) is 1. The van der Waals surface area contributed by atoms with Crippen LogP contribution in [0.2, 0.25) is 0 Å². The van der Waals surface area contributed by atoms with E-state index in [2.05, 4.69) is 101 Å². The van der Waals surface area contributed by atoms with Crippen molar-refractivity contribution in [2.45, 2.75) is 128 Å². The minimum absolute atomic E-state index is 0.0235. The van der Waals surface area contributed by atoms with E-state index in [1.165, 1.54) is 22.9 Å². The molecule has 0 amide bonds. The molecule has 0 aliphatic heterocycles. The third-order valence-electron chi connectivity index (χ3n) is 7.29. The Morgan fingerprint density at radius 2 is 1.51 bits per heavy atom. The van der Waals surface area contributed by atoms with E-state index in [4.69, 9.17) is 0 Å². The second-order valence-corrected chi connectivity index (χ2v) is 10.1. The zero-order valence-corrected chi connectivity index (χ0v) is 28.4. The van der Waals surface area contributed by atoms with Crippen molar-refractivity contribution >= 4 is 0 Å². The summed E-state index contributed by atoms with van der Waals surface area (Å²) in [7, 11) is 0. The van der Waals surface area contributed by atoms with Gasteiger partial charge in [0.05, 0.1) is 0 Å². The lowest BCUT2D eigenvalue weighted by molar-refractivity contribution is -0.0935. The predicted molar refractivity (Wildman–Crippen MR) is 177 cm³/mol. The topological polar surface area (TPSA) is 3.24 Å². The van der Waals surface area contributed by atoms with Gasteiger partial charge >= 0.3 is 6.18 Å². The van der Waals surface area contributed by atoms with Crippen molar-refractivity contribution in [3.05, 3.63) is 94.4 Å². The minimum Gasteiger partial charge on any atom is -0.346 e. The molecule has 0 heterocycles. The second-order valence-electron chi connectivity index (χ2n) is 10.1. The quantitative estimate of drug-likeness (QED) is 0.209. The number of allylic oxidation sites excluding steroid dienone is 10. The number of halogens is 3. The van der Waals surface area contributed by atoms with Crippen molar-refractivity contribution < 1.29 is 13.2 Å². The normalized spacial score (nSPS) is 17.0. The molecular weight excluding hydrogens is 515 g/mol. The fourth-order valence-corrected chi connectivity index (χ4v) is 4.43. The van der Waals surface area contributed by atoms with E-state index < -0.39 is 11.7 Å². The Kier molecular flexibility index (Phi) is 22.0. The van der Waals surface area contributed by atoms with Crippen molar-refractivity contribution in [3.63, 3.8) is 0 Å². The van der Waals surface area contributed by atoms with Crippen LogP contribution in [0.1, 0.15) is 113 Å². The molecule has 41 heavy (non-hydrogen) atoms. The summed E-state index contributed by atoms with van der Waals surface area (Å²) >= 11 is 0. The maximum atomic E-state index is 13.3. The van der Waals surface area contributed by atoms with E-state index in [1.807, 2.05) is 34.6 Å². The van der Waals surface area contributed by atoms with Gasteiger partial charge < -0.3 is 4.90 Å². The summed E-state index contributed by atoms with van der Waals surface area (Å²) in [4.78, 5) is 2.26. The summed E-state index contributed by atoms with van der Waals surface area (Å²) in [5.41, 5.74) is 5.02. The number of aryl methyl sites for hydroxylation is 2. The summed E-state index contributed by atoms with van der Waals surface area (Å²) in [6.07, 6.45) is 10.7. The first kappa shape index (κ1) is 40.6. The number of hydrogen-bond donors (Lipinski definition) is 0. The molecule has 234 valence electrons. The van der Waals surface area contributed by atoms with Crippen LogP contribution in [0, 0.1) is 25.7 Å². The number of alkyl halides is 3. The van der Waals surface area contributed by atoms with Crippen molar-refractivity contribution in [2.75, 3.05) is 0 Å².